The number of phenols is 1. The van der Waals surface area contributed by atoms with Crippen molar-refractivity contribution in [3.8, 4) is 11.5 Å². The van der Waals surface area contributed by atoms with Crippen LogP contribution in [0, 0.1) is 0 Å². The van der Waals surface area contributed by atoms with Gasteiger partial charge in [-0.1, -0.05) is 51.0 Å². The molecule has 0 unspecified atom stereocenters. The van der Waals surface area contributed by atoms with E-state index in [1.165, 1.54) is 18.1 Å². The summed E-state index contributed by atoms with van der Waals surface area (Å²) in [4.78, 5) is 10.6. The number of esters is 1. The summed E-state index contributed by atoms with van der Waals surface area (Å²) in [6.45, 7) is 5.69. The monoisotopic (exact) mass is 314 g/mol. The molecule has 2 rings (SSSR count). The van der Waals surface area contributed by atoms with Gasteiger partial charge in [-0.25, -0.2) is 0 Å². The minimum Gasteiger partial charge on any atom is -0.508 e. The zero-order chi connectivity index (χ0) is 17.1. The maximum Gasteiger partial charge on any atom is 0.308 e. The fraction of sp³-hybridized carbons (Fsp3) is 0.350. The van der Waals surface area contributed by atoms with Gasteiger partial charge in [0.25, 0.3) is 0 Å². The van der Waals surface area contributed by atoms with Crippen LogP contribution in [0.2, 0.25) is 0 Å². The number of benzene rings is 2. The minimum atomic E-state index is -0.275. The first-order valence-electron chi connectivity index (χ1n) is 8.10. The lowest BCUT2D eigenvalue weighted by Gasteiger charge is -2.02. The molecule has 0 radical (unpaired) electrons. The first kappa shape index (κ1) is 18.8. The molecule has 0 aliphatic heterocycles. The zero-order valence-electron chi connectivity index (χ0n) is 14.2. The molecule has 2 aromatic rings. The second-order valence-electron chi connectivity index (χ2n) is 5.40. The van der Waals surface area contributed by atoms with Crippen LogP contribution in [-0.4, -0.2) is 11.1 Å². The Morgan fingerprint density at radius 2 is 1.30 bits per heavy atom. The maximum absolute atomic E-state index is 10.6. The smallest absolute Gasteiger partial charge is 0.308 e. The lowest BCUT2D eigenvalue weighted by atomic mass is 10.1. The van der Waals surface area contributed by atoms with Gasteiger partial charge >= 0.3 is 5.97 Å². The third kappa shape index (κ3) is 8.05. The molecule has 124 valence electrons. The molecule has 0 atom stereocenters. The van der Waals surface area contributed by atoms with E-state index in [0.717, 1.165) is 25.7 Å². The van der Waals surface area contributed by atoms with E-state index in [1.807, 2.05) is 36.4 Å². The normalized spacial score (nSPS) is 9.70. The summed E-state index contributed by atoms with van der Waals surface area (Å²) in [7, 11) is 0. The second-order valence-corrected chi connectivity index (χ2v) is 5.40. The number of carbonyl (C=O) groups excluding carboxylic acids is 1. The standard InChI is InChI=1S/C11H14O2.C9H12O/c1-3-4-10-5-7-11(8-6-10)13-9(2)12;1-2-3-8-4-6-9(10)7-5-8/h5-8H,3-4H2,1-2H3;4-7,10H,2-3H2,1H3. The lowest BCUT2D eigenvalue weighted by molar-refractivity contribution is -0.131. The highest BCUT2D eigenvalue weighted by atomic mass is 16.5. The summed E-state index contributed by atoms with van der Waals surface area (Å²) in [6, 6.07) is 15.0. The van der Waals surface area contributed by atoms with Gasteiger partial charge in [0, 0.05) is 6.92 Å². The van der Waals surface area contributed by atoms with Gasteiger partial charge in [-0.3, -0.25) is 4.79 Å². The molecule has 0 saturated carbocycles. The third-order valence-corrected chi connectivity index (χ3v) is 3.20. The Morgan fingerprint density at radius 3 is 1.70 bits per heavy atom. The lowest BCUT2D eigenvalue weighted by Crippen LogP contribution is -2.01. The number of hydrogen-bond acceptors (Lipinski definition) is 3. The Labute approximate surface area is 138 Å². The molecule has 0 amide bonds. The van der Waals surface area contributed by atoms with E-state index in [4.69, 9.17) is 9.84 Å². The molecular weight excluding hydrogens is 288 g/mol. The summed E-state index contributed by atoms with van der Waals surface area (Å²) >= 11 is 0. The van der Waals surface area contributed by atoms with Crippen LogP contribution >= 0.6 is 0 Å². The van der Waals surface area contributed by atoms with Crippen LogP contribution in [0.1, 0.15) is 44.7 Å². The SMILES string of the molecule is CCCc1ccc(O)cc1.CCCc1ccc(OC(C)=O)cc1. The van der Waals surface area contributed by atoms with E-state index >= 15 is 0 Å². The fourth-order valence-electron chi connectivity index (χ4n) is 2.13. The van der Waals surface area contributed by atoms with Crippen molar-refractivity contribution in [3.63, 3.8) is 0 Å². The highest BCUT2D eigenvalue weighted by Crippen LogP contribution is 2.13. The van der Waals surface area contributed by atoms with Gasteiger partial charge in [0.15, 0.2) is 0 Å². The van der Waals surface area contributed by atoms with E-state index < -0.39 is 0 Å². The van der Waals surface area contributed by atoms with Gasteiger partial charge in [-0.15, -0.1) is 0 Å². The number of hydrogen-bond donors (Lipinski definition) is 1. The van der Waals surface area contributed by atoms with E-state index in [2.05, 4.69) is 13.8 Å². The van der Waals surface area contributed by atoms with Crippen LogP contribution in [0.3, 0.4) is 0 Å². The Hall–Kier alpha value is -2.29. The molecule has 0 heterocycles. The topological polar surface area (TPSA) is 46.5 Å². The highest BCUT2D eigenvalue weighted by molar-refractivity contribution is 5.69. The molecule has 0 aliphatic carbocycles. The van der Waals surface area contributed by atoms with Crippen LogP contribution < -0.4 is 4.74 Å². The molecular formula is C20H26O3. The van der Waals surface area contributed by atoms with Gasteiger partial charge < -0.3 is 9.84 Å². The summed E-state index contributed by atoms with van der Waals surface area (Å²) in [6.07, 6.45) is 4.46. The van der Waals surface area contributed by atoms with Gasteiger partial charge in [-0.2, -0.15) is 0 Å². The molecule has 23 heavy (non-hydrogen) atoms. The van der Waals surface area contributed by atoms with E-state index in [-0.39, 0.29) is 5.97 Å². The van der Waals surface area contributed by atoms with Crippen LogP contribution in [0.4, 0.5) is 0 Å². The highest BCUT2D eigenvalue weighted by Gasteiger charge is 1.97. The van der Waals surface area contributed by atoms with Gasteiger partial charge in [0.1, 0.15) is 11.5 Å². The Kier molecular flexibility index (Phi) is 8.51. The van der Waals surface area contributed by atoms with Crippen molar-refractivity contribution in [1.82, 2.24) is 0 Å². The molecule has 0 aromatic heterocycles. The predicted molar refractivity (Wildman–Crippen MR) is 93.8 cm³/mol. The number of aromatic hydroxyl groups is 1. The first-order valence-corrected chi connectivity index (χ1v) is 8.10. The molecule has 0 spiro atoms. The number of rotatable bonds is 5. The zero-order valence-corrected chi connectivity index (χ0v) is 14.2. The van der Waals surface area contributed by atoms with Crippen molar-refractivity contribution >= 4 is 5.97 Å². The third-order valence-electron chi connectivity index (χ3n) is 3.20. The molecule has 3 nitrogen and oxygen atoms in total. The van der Waals surface area contributed by atoms with Gasteiger partial charge in [0.2, 0.25) is 0 Å². The molecule has 2 aromatic carbocycles. The number of phenolic OH excluding ortho intramolecular Hbond substituents is 1. The molecule has 0 bridgehead atoms. The van der Waals surface area contributed by atoms with Crippen molar-refractivity contribution in [2.45, 2.75) is 46.5 Å². The second kappa shape index (κ2) is 10.4. The first-order chi connectivity index (χ1) is 11.0. The van der Waals surface area contributed by atoms with Gasteiger partial charge in [0.05, 0.1) is 0 Å². The Balaban J connectivity index is 0.000000238. The predicted octanol–water partition coefficient (Wildman–Crippen LogP) is 4.91. The Morgan fingerprint density at radius 1 is 0.870 bits per heavy atom. The molecule has 0 aliphatic rings. The molecule has 0 fully saturated rings. The van der Waals surface area contributed by atoms with Gasteiger partial charge in [-0.05, 0) is 48.2 Å². The van der Waals surface area contributed by atoms with Crippen LogP contribution in [0.15, 0.2) is 48.5 Å². The van der Waals surface area contributed by atoms with Crippen molar-refractivity contribution < 1.29 is 14.6 Å². The van der Waals surface area contributed by atoms with Crippen molar-refractivity contribution in [2.75, 3.05) is 0 Å². The molecule has 3 heteroatoms. The largest absolute Gasteiger partial charge is 0.508 e. The van der Waals surface area contributed by atoms with E-state index in [9.17, 15) is 4.79 Å². The Bertz CT molecular complexity index is 571. The van der Waals surface area contributed by atoms with Crippen molar-refractivity contribution in [2.24, 2.45) is 0 Å². The van der Waals surface area contributed by atoms with E-state index in [1.54, 1.807) is 12.1 Å². The minimum absolute atomic E-state index is 0.275. The number of carbonyl (C=O) groups is 1. The number of aryl methyl sites for hydroxylation is 2. The summed E-state index contributed by atoms with van der Waals surface area (Å²) in [5.41, 5.74) is 2.57. The average molecular weight is 314 g/mol. The molecule has 1 N–H and O–H groups in total. The van der Waals surface area contributed by atoms with Crippen LogP contribution in [0.25, 0.3) is 0 Å². The van der Waals surface area contributed by atoms with E-state index in [0.29, 0.717) is 11.5 Å². The quantitative estimate of drug-likeness (QED) is 0.630. The average Bonchev–Trinajstić information content (AvgIpc) is 2.52. The van der Waals surface area contributed by atoms with Crippen LogP contribution in [0.5, 0.6) is 11.5 Å². The maximum atomic E-state index is 10.6. The van der Waals surface area contributed by atoms with Crippen molar-refractivity contribution in [3.05, 3.63) is 59.7 Å². The molecule has 0 saturated heterocycles. The fourth-order valence-corrected chi connectivity index (χ4v) is 2.13. The number of ether oxygens (including phenoxy) is 1. The summed E-state index contributed by atoms with van der Waals surface area (Å²) in [5.74, 6) is 0.690. The van der Waals surface area contributed by atoms with Crippen molar-refractivity contribution in [1.29, 1.82) is 0 Å². The van der Waals surface area contributed by atoms with Crippen LogP contribution in [-0.2, 0) is 17.6 Å². The summed E-state index contributed by atoms with van der Waals surface area (Å²) in [5, 5.41) is 8.92. The summed E-state index contributed by atoms with van der Waals surface area (Å²) < 4.78 is 4.91.